The van der Waals surface area contributed by atoms with Gasteiger partial charge in [-0.05, 0) is 74.8 Å². The molecular weight excluding hydrogens is 244 g/mol. The van der Waals surface area contributed by atoms with Crippen LogP contribution in [0.5, 0.6) is 0 Å². The Hall–Kier alpha value is -1.18. The molecule has 4 bridgehead atoms. The molecule has 1 aromatic carbocycles. The van der Waals surface area contributed by atoms with Crippen LogP contribution in [0.3, 0.4) is 0 Å². The Labute approximate surface area is 122 Å². The topological polar surface area (TPSA) is 29.3 Å². The van der Waals surface area contributed by atoms with Gasteiger partial charge in [0.25, 0.3) is 0 Å². The van der Waals surface area contributed by atoms with Crippen LogP contribution in [0.25, 0.3) is 0 Å². The summed E-state index contributed by atoms with van der Waals surface area (Å²) in [6, 6.07) is 6.48. The highest BCUT2D eigenvalue weighted by Gasteiger charge is 2.53. The Balaban J connectivity index is 1.71. The average Bonchev–Trinajstić information content (AvgIpc) is 2.39. The van der Waals surface area contributed by atoms with E-state index in [0.717, 1.165) is 23.4 Å². The molecule has 0 aromatic heterocycles. The molecule has 0 saturated heterocycles. The first kappa shape index (κ1) is 12.6. The monoisotopic (exact) mass is 270 g/mol. The van der Waals surface area contributed by atoms with Crippen molar-refractivity contribution < 1.29 is 0 Å². The quantitative estimate of drug-likeness (QED) is 0.824. The van der Waals surface area contributed by atoms with Gasteiger partial charge in [0.15, 0.2) is 0 Å². The molecule has 1 aromatic rings. The summed E-state index contributed by atoms with van der Waals surface area (Å²) in [5, 5.41) is 0. The van der Waals surface area contributed by atoms with Gasteiger partial charge in [0.2, 0.25) is 0 Å². The maximum atomic E-state index is 6.36. The van der Waals surface area contributed by atoms with Crippen LogP contribution >= 0.6 is 0 Å². The number of para-hydroxylation sites is 1. The number of anilines is 2. The van der Waals surface area contributed by atoms with Gasteiger partial charge in [-0.15, -0.1) is 0 Å². The smallest absolute Gasteiger partial charge is 0.0604 e. The summed E-state index contributed by atoms with van der Waals surface area (Å²) in [5.74, 6) is 2.94. The second-order valence-electron chi connectivity index (χ2n) is 7.71. The van der Waals surface area contributed by atoms with Crippen LogP contribution in [-0.4, -0.2) is 12.6 Å². The highest BCUT2D eigenvalue weighted by Crippen LogP contribution is 2.58. The lowest BCUT2D eigenvalue weighted by Gasteiger charge is -2.60. The number of hydrogen-bond donors (Lipinski definition) is 1. The third-order valence-corrected chi connectivity index (χ3v) is 6.38. The molecule has 0 unspecified atom stereocenters. The van der Waals surface area contributed by atoms with Crippen molar-refractivity contribution in [2.24, 2.45) is 17.8 Å². The maximum absolute atomic E-state index is 6.36. The first-order chi connectivity index (χ1) is 9.57. The molecule has 0 radical (unpaired) electrons. The number of hydrogen-bond acceptors (Lipinski definition) is 2. The van der Waals surface area contributed by atoms with Crippen molar-refractivity contribution in [3.8, 4) is 0 Å². The van der Waals surface area contributed by atoms with Crippen LogP contribution in [0, 0.1) is 24.7 Å². The van der Waals surface area contributed by atoms with Gasteiger partial charge >= 0.3 is 0 Å². The van der Waals surface area contributed by atoms with E-state index < -0.39 is 0 Å². The van der Waals surface area contributed by atoms with Gasteiger partial charge < -0.3 is 10.6 Å². The molecule has 4 saturated carbocycles. The van der Waals surface area contributed by atoms with Crippen molar-refractivity contribution in [1.29, 1.82) is 0 Å². The van der Waals surface area contributed by atoms with Crippen molar-refractivity contribution >= 4 is 11.4 Å². The van der Waals surface area contributed by atoms with Gasteiger partial charge in [-0.2, -0.15) is 0 Å². The minimum atomic E-state index is 0.399. The van der Waals surface area contributed by atoms with E-state index in [-0.39, 0.29) is 0 Å². The number of nitrogen functional groups attached to an aromatic ring is 1. The zero-order valence-corrected chi connectivity index (χ0v) is 12.7. The van der Waals surface area contributed by atoms with Gasteiger partial charge in [-0.1, -0.05) is 12.1 Å². The van der Waals surface area contributed by atoms with E-state index in [1.165, 1.54) is 49.8 Å². The fraction of sp³-hybridized carbons (Fsp3) is 0.667. The summed E-state index contributed by atoms with van der Waals surface area (Å²) >= 11 is 0. The Bertz CT molecular complexity index is 499. The van der Waals surface area contributed by atoms with Crippen LogP contribution in [0.1, 0.15) is 44.1 Å². The SMILES string of the molecule is Cc1cccc(N(C)C23CC4CC(CC(C4)C2)C3)c1N. The number of nitrogens with two attached hydrogens (primary N) is 1. The molecule has 20 heavy (non-hydrogen) atoms. The molecule has 2 nitrogen and oxygen atoms in total. The average molecular weight is 270 g/mol. The number of nitrogens with zero attached hydrogens (tertiary/aromatic N) is 1. The first-order valence-corrected chi connectivity index (χ1v) is 8.16. The molecular formula is C18H26N2. The standard InChI is InChI=1S/C18H26N2/c1-12-4-3-5-16(17(12)19)20(2)18-9-13-6-14(10-18)8-15(7-13)11-18/h3-5,13-15H,6-11,19H2,1-2H3. The highest BCUT2D eigenvalue weighted by molar-refractivity contribution is 5.71. The van der Waals surface area contributed by atoms with E-state index in [9.17, 15) is 0 Å². The van der Waals surface area contributed by atoms with Crippen LogP contribution in [0.2, 0.25) is 0 Å². The van der Waals surface area contributed by atoms with Crippen LogP contribution in [-0.2, 0) is 0 Å². The molecule has 4 fully saturated rings. The lowest BCUT2D eigenvalue weighted by Crippen LogP contribution is -2.59. The Kier molecular flexibility index (Phi) is 2.61. The predicted octanol–water partition coefficient (Wildman–Crippen LogP) is 3.98. The van der Waals surface area contributed by atoms with Gasteiger partial charge in [-0.3, -0.25) is 0 Å². The summed E-state index contributed by atoms with van der Waals surface area (Å²) in [7, 11) is 2.29. The summed E-state index contributed by atoms with van der Waals surface area (Å²) in [6.45, 7) is 2.12. The van der Waals surface area contributed by atoms with Crippen molar-refractivity contribution in [3.63, 3.8) is 0 Å². The summed E-state index contributed by atoms with van der Waals surface area (Å²) in [5.41, 5.74) is 10.2. The van der Waals surface area contributed by atoms with Crippen LogP contribution < -0.4 is 10.6 Å². The molecule has 0 spiro atoms. The lowest BCUT2D eigenvalue weighted by molar-refractivity contribution is -0.00196. The number of aryl methyl sites for hydroxylation is 1. The molecule has 0 amide bonds. The Morgan fingerprint density at radius 2 is 1.60 bits per heavy atom. The summed E-state index contributed by atoms with van der Waals surface area (Å²) in [4.78, 5) is 2.56. The maximum Gasteiger partial charge on any atom is 0.0604 e. The molecule has 0 atom stereocenters. The van der Waals surface area contributed by atoms with Gasteiger partial charge in [0, 0.05) is 12.6 Å². The second-order valence-corrected chi connectivity index (χ2v) is 7.71. The zero-order chi connectivity index (χ0) is 13.9. The largest absolute Gasteiger partial charge is 0.397 e. The number of benzene rings is 1. The third kappa shape index (κ3) is 1.70. The van der Waals surface area contributed by atoms with Crippen molar-refractivity contribution in [2.45, 2.75) is 51.0 Å². The van der Waals surface area contributed by atoms with Crippen LogP contribution in [0.4, 0.5) is 11.4 Å². The number of rotatable bonds is 2. The molecule has 0 aliphatic heterocycles. The Morgan fingerprint density at radius 1 is 1.05 bits per heavy atom. The summed E-state index contributed by atoms with van der Waals surface area (Å²) in [6.07, 6.45) is 8.66. The van der Waals surface area contributed by atoms with E-state index in [1.807, 2.05) is 0 Å². The van der Waals surface area contributed by atoms with Gasteiger partial charge in [-0.25, -0.2) is 0 Å². The molecule has 2 heteroatoms. The van der Waals surface area contributed by atoms with E-state index in [0.29, 0.717) is 5.54 Å². The molecule has 5 rings (SSSR count). The predicted molar refractivity (Wildman–Crippen MR) is 84.9 cm³/mol. The molecule has 2 N–H and O–H groups in total. The van der Waals surface area contributed by atoms with Crippen molar-refractivity contribution in [2.75, 3.05) is 17.7 Å². The highest BCUT2D eigenvalue weighted by atomic mass is 15.2. The second kappa shape index (κ2) is 4.16. The summed E-state index contributed by atoms with van der Waals surface area (Å²) < 4.78 is 0. The van der Waals surface area contributed by atoms with E-state index >= 15 is 0 Å². The first-order valence-electron chi connectivity index (χ1n) is 8.16. The van der Waals surface area contributed by atoms with E-state index in [2.05, 4.69) is 37.1 Å². The molecule has 4 aliphatic carbocycles. The fourth-order valence-electron chi connectivity index (χ4n) is 5.69. The molecule has 0 heterocycles. The third-order valence-electron chi connectivity index (χ3n) is 6.38. The minimum Gasteiger partial charge on any atom is -0.397 e. The van der Waals surface area contributed by atoms with Crippen LogP contribution in [0.15, 0.2) is 18.2 Å². The zero-order valence-electron chi connectivity index (χ0n) is 12.7. The van der Waals surface area contributed by atoms with Gasteiger partial charge in [0.05, 0.1) is 11.4 Å². The van der Waals surface area contributed by atoms with Gasteiger partial charge in [0.1, 0.15) is 0 Å². The molecule has 4 aliphatic rings. The fourth-order valence-corrected chi connectivity index (χ4v) is 5.69. The van der Waals surface area contributed by atoms with E-state index in [1.54, 1.807) is 0 Å². The van der Waals surface area contributed by atoms with Crippen molar-refractivity contribution in [3.05, 3.63) is 23.8 Å². The normalized spacial score (nSPS) is 38.2. The van der Waals surface area contributed by atoms with Crippen molar-refractivity contribution in [1.82, 2.24) is 0 Å². The Morgan fingerprint density at radius 3 is 2.15 bits per heavy atom. The minimum absolute atomic E-state index is 0.399. The van der Waals surface area contributed by atoms with E-state index in [4.69, 9.17) is 5.73 Å². The molecule has 108 valence electrons. The lowest BCUT2D eigenvalue weighted by atomic mass is 9.52.